The molecule has 4 aromatic carbocycles. The number of anilines is 1. The van der Waals surface area contributed by atoms with Gasteiger partial charge in [0.25, 0.3) is 10.0 Å². The van der Waals surface area contributed by atoms with Gasteiger partial charge in [0, 0.05) is 11.8 Å². The molecular weight excluding hydrogens is 501 g/mol. The number of aromatic hydroxyl groups is 1. The predicted molar refractivity (Wildman–Crippen MR) is 134 cm³/mol. The monoisotopic (exact) mass is 520 g/mol. The van der Waals surface area contributed by atoms with Crippen molar-refractivity contribution in [3.05, 3.63) is 120 Å². The van der Waals surface area contributed by atoms with Crippen molar-refractivity contribution in [3.8, 4) is 11.4 Å². The number of rotatable bonds is 3. The van der Waals surface area contributed by atoms with Crippen molar-refractivity contribution in [2.45, 2.75) is 17.1 Å². The number of halogens is 3. The maximum atomic E-state index is 14.3. The van der Waals surface area contributed by atoms with Gasteiger partial charge in [-0.2, -0.15) is 13.2 Å². The quantitative estimate of drug-likeness (QED) is 0.290. The number of nitrogens with zero attached hydrogens (tertiary/aromatic N) is 2. The van der Waals surface area contributed by atoms with E-state index >= 15 is 0 Å². The molecule has 0 bridgehead atoms. The van der Waals surface area contributed by atoms with Crippen LogP contribution in [0.3, 0.4) is 0 Å². The lowest BCUT2D eigenvalue weighted by Gasteiger charge is -2.39. The second-order valence-corrected chi connectivity index (χ2v) is 10.6. The van der Waals surface area contributed by atoms with Gasteiger partial charge < -0.3 is 9.67 Å². The fraction of sp³-hybridized carbons (Fsp3) is 0.0714. The van der Waals surface area contributed by atoms with Gasteiger partial charge in [-0.1, -0.05) is 48.5 Å². The average Bonchev–Trinajstić information content (AvgIpc) is 3.38. The molecule has 1 aliphatic rings. The van der Waals surface area contributed by atoms with Crippen LogP contribution in [0.4, 0.5) is 18.9 Å². The lowest BCUT2D eigenvalue weighted by molar-refractivity contribution is -0.137. The average molecular weight is 521 g/mol. The third-order valence-corrected chi connectivity index (χ3v) is 8.39. The van der Waals surface area contributed by atoms with Gasteiger partial charge >= 0.3 is 6.18 Å². The summed E-state index contributed by atoms with van der Waals surface area (Å²) in [6, 6.07) is 23.4. The third-order valence-electron chi connectivity index (χ3n) is 6.61. The molecule has 1 aliphatic heterocycles. The van der Waals surface area contributed by atoms with Gasteiger partial charge in [0.15, 0.2) is 0 Å². The molecule has 0 saturated heterocycles. The standard InChI is InChI=1S/C28H19F3N2O3S/c29-28(30,31)19-8-5-9-20(17-19)37(35,36)33-23-12-4-3-11-22(23)32-16-6-13-24(32)27(33)26-21-10-2-1-7-18(21)14-15-25(26)34/h1-17,27,34H. The van der Waals surface area contributed by atoms with E-state index in [1.165, 1.54) is 6.07 Å². The van der Waals surface area contributed by atoms with Crippen LogP contribution in [-0.4, -0.2) is 18.1 Å². The minimum absolute atomic E-state index is 0.125. The number of hydrogen-bond donors (Lipinski definition) is 1. The van der Waals surface area contributed by atoms with Gasteiger partial charge in [-0.05, 0) is 59.3 Å². The Balaban J connectivity index is 1.68. The number of phenolic OH excluding ortho intramolecular Hbond substituents is 1. The van der Waals surface area contributed by atoms with Crippen LogP contribution in [0, 0.1) is 0 Å². The van der Waals surface area contributed by atoms with Gasteiger partial charge in [-0.25, -0.2) is 8.42 Å². The molecule has 0 fully saturated rings. The highest BCUT2D eigenvalue weighted by molar-refractivity contribution is 7.92. The van der Waals surface area contributed by atoms with Gasteiger partial charge in [-0.15, -0.1) is 0 Å². The number of para-hydroxylation sites is 2. The molecule has 0 spiro atoms. The fourth-order valence-electron chi connectivity index (χ4n) is 5.00. The fourth-order valence-corrected chi connectivity index (χ4v) is 6.66. The van der Waals surface area contributed by atoms with Crippen LogP contribution >= 0.6 is 0 Å². The molecule has 0 amide bonds. The Morgan fingerprint density at radius 2 is 1.51 bits per heavy atom. The van der Waals surface area contributed by atoms with Crippen molar-refractivity contribution in [2.24, 2.45) is 0 Å². The van der Waals surface area contributed by atoms with Crippen molar-refractivity contribution < 1.29 is 26.7 Å². The van der Waals surface area contributed by atoms with Gasteiger partial charge in [0.2, 0.25) is 0 Å². The Labute approximate surface area is 210 Å². The minimum atomic E-state index is -4.71. The first-order chi connectivity index (χ1) is 17.7. The molecule has 9 heteroatoms. The summed E-state index contributed by atoms with van der Waals surface area (Å²) in [7, 11) is -4.55. The van der Waals surface area contributed by atoms with Crippen LogP contribution in [0.15, 0.2) is 108 Å². The molecule has 186 valence electrons. The van der Waals surface area contributed by atoms with Crippen LogP contribution in [0.2, 0.25) is 0 Å². The molecule has 0 aliphatic carbocycles. The lowest BCUT2D eigenvalue weighted by atomic mass is 9.94. The van der Waals surface area contributed by atoms with E-state index in [0.717, 1.165) is 27.9 Å². The van der Waals surface area contributed by atoms with Crippen LogP contribution in [0.25, 0.3) is 16.5 Å². The molecule has 1 aromatic heterocycles. The summed E-state index contributed by atoms with van der Waals surface area (Å²) < 4.78 is 72.0. The minimum Gasteiger partial charge on any atom is -0.508 e. The summed E-state index contributed by atoms with van der Waals surface area (Å²) in [5, 5.41) is 12.5. The normalized spacial score (nSPS) is 15.4. The topological polar surface area (TPSA) is 62.5 Å². The number of benzene rings is 4. The number of aromatic nitrogens is 1. The Bertz CT molecular complexity index is 1780. The van der Waals surface area contributed by atoms with Gasteiger partial charge in [0.05, 0.1) is 27.5 Å². The van der Waals surface area contributed by atoms with E-state index in [1.54, 1.807) is 60.8 Å². The molecular formula is C28H19F3N2O3S. The van der Waals surface area contributed by atoms with E-state index in [9.17, 15) is 26.7 Å². The highest BCUT2D eigenvalue weighted by Crippen LogP contribution is 2.49. The van der Waals surface area contributed by atoms with E-state index in [0.29, 0.717) is 28.4 Å². The van der Waals surface area contributed by atoms with E-state index in [4.69, 9.17) is 0 Å². The molecule has 37 heavy (non-hydrogen) atoms. The van der Waals surface area contributed by atoms with Crippen molar-refractivity contribution in [1.82, 2.24) is 4.57 Å². The van der Waals surface area contributed by atoms with E-state index in [2.05, 4.69) is 0 Å². The van der Waals surface area contributed by atoms with Crippen molar-refractivity contribution in [2.75, 3.05) is 4.31 Å². The van der Waals surface area contributed by atoms with Crippen LogP contribution < -0.4 is 4.31 Å². The molecule has 2 heterocycles. The number of phenols is 1. The first kappa shape index (κ1) is 23.2. The lowest BCUT2D eigenvalue weighted by Crippen LogP contribution is -2.40. The summed E-state index contributed by atoms with van der Waals surface area (Å²) in [5.74, 6) is -0.125. The smallest absolute Gasteiger partial charge is 0.416 e. The Morgan fingerprint density at radius 3 is 2.30 bits per heavy atom. The molecule has 5 aromatic rings. The second kappa shape index (κ2) is 8.14. The molecule has 1 unspecified atom stereocenters. The summed E-state index contributed by atoms with van der Waals surface area (Å²) in [5.41, 5.74) is 0.644. The Morgan fingerprint density at radius 1 is 0.784 bits per heavy atom. The molecule has 6 rings (SSSR count). The van der Waals surface area contributed by atoms with Crippen LogP contribution in [-0.2, 0) is 16.2 Å². The zero-order valence-electron chi connectivity index (χ0n) is 19.1. The molecule has 0 saturated carbocycles. The summed E-state index contributed by atoms with van der Waals surface area (Å²) in [6.07, 6.45) is -2.93. The molecule has 5 nitrogen and oxygen atoms in total. The Kier molecular flexibility index (Phi) is 5.10. The predicted octanol–water partition coefficient (Wildman–Crippen LogP) is 6.65. The zero-order chi connectivity index (χ0) is 25.9. The maximum Gasteiger partial charge on any atom is 0.416 e. The van der Waals surface area contributed by atoms with E-state index in [1.807, 2.05) is 16.7 Å². The largest absolute Gasteiger partial charge is 0.508 e. The Hall–Kier alpha value is -4.24. The number of fused-ring (bicyclic) bond motifs is 4. The highest BCUT2D eigenvalue weighted by Gasteiger charge is 2.42. The third kappa shape index (κ3) is 3.57. The zero-order valence-corrected chi connectivity index (χ0v) is 19.9. The summed E-state index contributed by atoms with van der Waals surface area (Å²) in [6.45, 7) is 0. The first-order valence-electron chi connectivity index (χ1n) is 11.4. The molecule has 1 atom stereocenters. The first-order valence-corrected chi connectivity index (χ1v) is 12.8. The molecule has 0 radical (unpaired) electrons. The number of sulfonamides is 1. The van der Waals surface area contributed by atoms with Crippen molar-refractivity contribution >= 4 is 26.5 Å². The summed E-state index contributed by atoms with van der Waals surface area (Å²) in [4.78, 5) is -0.498. The second-order valence-electron chi connectivity index (χ2n) is 8.74. The van der Waals surface area contributed by atoms with E-state index < -0.39 is 32.7 Å². The maximum absolute atomic E-state index is 14.3. The van der Waals surface area contributed by atoms with Crippen LogP contribution in [0.5, 0.6) is 5.75 Å². The highest BCUT2D eigenvalue weighted by atomic mass is 32.2. The SMILES string of the molecule is O=S(=O)(c1cccc(C(F)(F)F)c1)N1c2ccccc2-n2cccc2C1c1c(O)ccc2ccccc12. The van der Waals surface area contributed by atoms with Gasteiger partial charge in [0.1, 0.15) is 11.8 Å². The molecule has 1 N–H and O–H groups in total. The number of alkyl halides is 3. The van der Waals surface area contributed by atoms with Crippen LogP contribution in [0.1, 0.15) is 22.9 Å². The van der Waals surface area contributed by atoms with Crippen molar-refractivity contribution in [1.29, 1.82) is 0 Å². The van der Waals surface area contributed by atoms with Gasteiger partial charge in [-0.3, -0.25) is 4.31 Å². The van der Waals surface area contributed by atoms with E-state index in [-0.39, 0.29) is 11.4 Å². The summed E-state index contributed by atoms with van der Waals surface area (Å²) >= 11 is 0. The van der Waals surface area contributed by atoms with Crippen molar-refractivity contribution in [3.63, 3.8) is 0 Å². The number of hydrogen-bond acceptors (Lipinski definition) is 3.